The summed E-state index contributed by atoms with van der Waals surface area (Å²) in [6.45, 7) is 1.56. The van der Waals surface area contributed by atoms with Crippen molar-refractivity contribution >= 4 is 17.8 Å². The summed E-state index contributed by atoms with van der Waals surface area (Å²) in [7, 11) is 0. The lowest BCUT2D eigenvalue weighted by atomic mass is 10.1. The molecule has 0 spiro atoms. The number of amides is 2. The Morgan fingerprint density at radius 3 is 2.71 bits per heavy atom. The Hall–Kier alpha value is -2.64. The second kappa shape index (κ2) is 5.78. The van der Waals surface area contributed by atoms with Crippen LogP contribution in [0, 0.1) is 0 Å². The highest BCUT2D eigenvalue weighted by Crippen LogP contribution is 2.17. The molecule has 2 amide bonds. The number of carboxylic acid groups (broad SMARTS) is 1. The molecule has 1 aliphatic rings. The molecule has 1 aliphatic heterocycles. The first-order chi connectivity index (χ1) is 9.90. The van der Waals surface area contributed by atoms with Gasteiger partial charge < -0.3 is 20.0 Å². The predicted molar refractivity (Wildman–Crippen MR) is 70.6 cm³/mol. The van der Waals surface area contributed by atoms with Gasteiger partial charge in [-0.3, -0.25) is 19.4 Å². The highest BCUT2D eigenvalue weighted by molar-refractivity contribution is 5.98. The number of nitrogens with zero attached hydrogens (tertiary/aromatic N) is 3. The number of hydrogen-bond donors (Lipinski definition) is 2. The molecule has 0 aromatic carbocycles. The summed E-state index contributed by atoms with van der Waals surface area (Å²) in [4.78, 5) is 41.4. The Morgan fingerprint density at radius 2 is 2.10 bits per heavy atom. The van der Waals surface area contributed by atoms with E-state index in [1.54, 1.807) is 6.92 Å². The van der Waals surface area contributed by atoms with Gasteiger partial charge in [-0.05, 0) is 13.0 Å². The number of carboxylic acids is 1. The van der Waals surface area contributed by atoms with Gasteiger partial charge in [0.2, 0.25) is 5.91 Å². The highest BCUT2D eigenvalue weighted by atomic mass is 16.4. The van der Waals surface area contributed by atoms with Gasteiger partial charge in [-0.15, -0.1) is 0 Å². The number of piperazine rings is 1. The molecule has 0 aliphatic carbocycles. The maximum Gasteiger partial charge on any atom is 0.323 e. The molecule has 2 heterocycles. The van der Waals surface area contributed by atoms with E-state index < -0.39 is 23.8 Å². The number of aliphatic carboxylic acids is 1. The van der Waals surface area contributed by atoms with Gasteiger partial charge in [-0.25, -0.2) is 0 Å². The van der Waals surface area contributed by atoms with Crippen molar-refractivity contribution in [2.75, 3.05) is 19.6 Å². The second-order valence-corrected chi connectivity index (χ2v) is 4.76. The lowest BCUT2D eigenvalue weighted by molar-refractivity contribution is -0.148. The summed E-state index contributed by atoms with van der Waals surface area (Å²) in [6.07, 6.45) is 2.51. The quantitative estimate of drug-likeness (QED) is 0.780. The Balaban J connectivity index is 2.14. The van der Waals surface area contributed by atoms with Gasteiger partial charge in [0, 0.05) is 19.3 Å². The van der Waals surface area contributed by atoms with E-state index in [1.165, 1.54) is 28.3 Å². The van der Waals surface area contributed by atoms with Crippen LogP contribution in [-0.4, -0.2) is 68.5 Å². The third-order valence-electron chi connectivity index (χ3n) is 3.31. The zero-order valence-electron chi connectivity index (χ0n) is 11.4. The molecule has 21 heavy (non-hydrogen) atoms. The van der Waals surface area contributed by atoms with Crippen LogP contribution in [0.5, 0.6) is 5.75 Å². The van der Waals surface area contributed by atoms with Crippen molar-refractivity contribution in [1.82, 2.24) is 14.8 Å². The summed E-state index contributed by atoms with van der Waals surface area (Å²) in [6, 6.07) is 0.517. The van der Waals surface area contributed by atoms with Crippen molar-refractivity contribution in [3.05, 3.63) is 24.0 Å². The van der Waals surface area contributed by atoms with Gasteiger partial charge in [0.15, 0.2) is 0 Å². The minimum absolute atomic E-state index is 0.135. The average molecular weight is 293 g/mol. The van der Waals surface area contributed by atoms with Crippen molar-refractivity contribution < 1.29 is 24.6 Å². The van der Waals surface area contributed by atoms with Gasteiger partial charge in [0.05, 0.1) is 11.8 Å². The van der Waals surface area contributed by atoms with Gasteiger partial charge in [-0.2, -0.15) is 0 Å². The van der Waals surface area contributed by atoms with Gasteiger partial charge in [-0.1, -0.05) is 0 Å². The van der Waals surface area contributed by atoms with E-state index in [4.69, 9.17) is 5.11 Å². The normalized spacial score (nSPS) is 18.7. The molecule has 8 heteroatoms. The van der Waals surface area contributed by atoms with E-state index in [2.05, 4.69) is 4.98 Å². The summed E-state index contributed by atoms with van der Waals surface area (Å²) in [5.74, 6) is -2.06. The molecule has 1 saturated heterocycles. The molecule has 2 rings (SSSR count). The summed E-state index contributed by atoms with van der Waals surface area (Å²) in [5.41, 5.74) is 0.182. The minimum atomic E-state index is -1.09. The molecule has 1 atom stereocenters. The number of aromatic nitrogens is 1. The molecule has 0 unspecified atom stereocenters. The Kier molecular flexibility index (Phi) is 4.06. The summed E-state index contributed by atoms with van der Waals surface area (Å²) < 4.78 is 0. The van der Waals surface area contributed by atoms with E-state index in [1.807, 2.05) is 0 Å². The largest absolute Gasteiger partial charge is 0.506 e. The fourth-order valence-electron chi connectivity index (χ4n) is 2.24. The number of pyridine rings is 1. The van der Waals surface area contributed by atoms with Crippen LogP contribution in [0.4, 0.5) is 0 Å². The number of carbonyl (C=O) groups excluding carboxylic acids is 2. The Labute approximate surface area is 120 Å². The molecule has 0 saturated carbocycles. The van der Waals surface area contributed by atoms with Crippen LogP contribution in [0.25, 0.3) is 0 Å². The van der Waals surface area contributed by atoms with Gasteiger partial charge in [0.25, 0.3) is 5.91 Å². The van der Waals surface area contributed by atoms with Crippen LogP contribution in [0.2, 0.25) is 0 Å². The first kappa shape index (κ1) is 14.8. The van der Waals surface area contributed by atoms with Crippen LogP contribution in [0.15, 0.2) is 18.5 Å². The zero-order chi connectivity index (χ0) is 15.6. The third kappa shape index (κ3) is 3.10. The van der Waals surface area contributed by atoms with E-state index in [9.17, 15) is 19.5 Å². The Bertz CT molecular complexity index is 589. The minimum Gasteiger partial charge on any atom is -0.506 e. The molecule has 1 fully saturated rings. The molecule has 2 N–H and O–H groups in total. The lowest BCUT2D eigenvalue weighted by Crippen LogP contribution is -2.58. The molecular formula is C13H15N3O5. The summed E-state index contributed by atoms with van der Waals surface area (Å²) >= 11 is 0. The van der Waals surface area contributed by atoms with E-state index in [0.29, 0.717) is 0 Å². The molecular weight excluding hydrogens is 278 g/mol. The average Bonchev–Trinajstić information content (AvgIpc) is 2.43. The predicted octanol–water partition coefficient (Wildman–Crippen LogP) is -0.455. The van der Waals surface area contributed by atoms with Gasteiger partial charge in [0.1, 0.15) is 18.3 Å². The van der Waals surface area contributed by atoms with E-state index >= 15 is 0 Å². The van der Waals surface area contributed by atoms with E-state index in [0.717, 1.165) is 0 Å². The molecule has 0 bridgehead atoms. The van der Waals surface area contributed by atoms with Gasteiger partial charge >= 0.3 is 5.97 Å². The maximum absolute atomic E-state index is 12.3. The fraction of sp³-hybridized carbons (Fsp3) is 0.385. The first-order valence-electron chi connectivity index (χ1n) is 6.35. The second-order valence-electron chi connectivity index (χ2n) is 4.76. The highest BCUT2D eigenvalue weighted by Gasteiger charge is 2.35. The zero-order valence-corrected chi connectivity index (χ0v) is 11.4. The molecule has 1 aromatic heterocycles. The topological polar surface area (TPSA) is 111 Å². The smallest absolute Gasteiger partial charge is 0.323 e. The standard InChI is InChI=1S/C13H15N3O5/c1-8-12(20)15(7-11(18)19)2-3-16(8)13(21)9-4-10(17)6-14-5-9/h4-6,8,17H,2-3,7H2,1H3,(H,18,19)/t8-/m0/s1. The van der Waals surface area contributed by atoms with E-state index in [-0.39, 0.29) is 30.9 Å². The number of carbonyl (C=O) groups is 3. The van der Waals surface area contributed by atoms with Crippen LogP contribution in [0.1, 0.15) is 17.3 Å². The van der Waals surface area contributed by atoms with Crippen molar-refractivity contribution in [1.29, 1.82) is 0 Å². The fourth-order valence-corrected chi connectivity index (χ4v) is 2.24. The molecule has 1 aromatic rings. The lowest BCUT2D eigenvalue weighted by Gasteiger charge is -2.38. The molecule has 0 radical (unpaired) electrons. The number of rotatable bonds is 3. The van der Waals surface area contributed by atoms with Crippen LogP contribution in [-0.2, 0) is 9.59 Å². The first-order valence-corrected chi connectivity index (χ1v) is 6.35. The summed E-state index contributed by atoms with van der Waals surface area (Å²) in [5, 5.41) is 18.1. The van der Waals surface area contributed by atoms with Crippen molar-refractivity contribution in [3.8, 4) is 5.75 Å². The monoisotopic (exact) mass is 293 g/mol. The molecule has 8 nitrogen and oxygen atoms in total. The molecule has 112 valence electrons. The van der Waals surface area contributed by atoms with Crippen LogP contribution < -0.4 is 0 Å². The third-order valence-corrected chi connectivity index (χ3v) is 3.31. The number of hydrogen-bond acceptors (Lipinski definition) is 5. The van der Waals surface area contributed by atoms with Crippen molar-refractivity contribution in [3.63, 3.8) is 0 Å². The van der Waals surface area contributed by atoms with Crippen LogP contribution in [0.3, 0.4) is 0 Å². The Morgan fingerprint density at radius 1 is 1.38 bits per heavy atom. The van der Waals surface area contributed by atoms with Crippen LogP contribution >= 0.6 is 0 Å². The maximum atomic E-state index is 12.3. The number of aromatic hydroxyl groups is 1. The van der Waals surface area contributed by atoms with Crippen molar-refractivity contribution in [2.45, 2.75) is 13.0 Å². The SMILES string of the molecule is C[C@H]1C(=O)N(CC(=O)O)CCN1C(=O)c1cncc(O)c1. The van der Waals surface area contributed by atoms with Crippen molar-refractivity contribution in [2.24, 2.45) is 0 Å².